The Morgan fingerprint density at radius 3 is 0.286 bits per heavy atom. The molecule has 0 amide bonds. The van der Waals surface area contributed by atoms with E-state index in [-0.39, 0.29) is 95.5 Å². The first-order chi connectivity index (χ1) is 0. The van der Waals surface area contributed by atoms with Gasteiger partial charge in [0, 0.05) is 21.1 Å². The topological polar surface area (TPSA) is 0 Å². The summed E-state index contributed by atoms with van der Waals surface area (Å²) >= 11 is 0. The largest absolute Gasteiger partial charge is 0.147 e. The summed E-state index contributed by atoms with van der Waals surface area (Å²) in [5.41, 5.74) is 0. The SMILES string of the molecule is Cl.Cl.Cl.Cl.Cl.Cl.[Pt]. The van der Waals surface area contributed by atoms with E-state index in [2.05, 4.69) is 0 Å². The van der Waals surface area contributed by atoms with Crippen molar-refractivity contribution in [3.05, 3.63) is 0 Å². The molecule has 0 radical (unpaired) electrons. The van der Waals surface area contributed by atoms with Gasteiger partial charge in [-0.25, -0.2) is 0 Å². The van der Waals surface area contributed by atoms with E-state index >= 15 is 0 Å². The van der Waals surface area contributed by atoms with Gasteiger partial charge in [0.2, 0.25) is 0 Å². The summed E-state index contributed by atoms with van der Waals surface area (Å²) in [6, 6.07) is 0. The summed E-state index contributed by atoms with van der Waals surface area (Å²) in [6.07, 6.45) is 0. The zero-order chi connectivity index (χ0) is 0. The maximum atomic E-state index is 0. The van der Waals surface area contributed by atoms with E-state index in [1.807, 2.05) is 0 Å². The van der Waals surface area contributed by atoms with Crippen LogP contribution in [0.5, 0.6) is 0 Å². The van der Waals surface area contributed by atoms with Gasteiger partial charge in [-0.2, -0.15) is 0 Å². The van der Waals surface area contributed by atoms with Crippen molar-refractivity contribution in [2.24, 2.45) is 0 Å². The normalized spacial score (nSPS) is 0. The molecule has 0 heterocycles. The second-order valence-corrected chi connectivity index (χ2v) is 0. The van der Waals surface area contributed by atoms with Crippen molar-refractivity contribution in [3.63, 3.8) is 0 Å². The Hall–Kier alpha value is 2.43. The third-order valence-corrected chi connectivity index (χ3v) is 0. The average Bonchev–Trinajstić information content (AvgIpc) is 0. The summed E-state index contributed by atoms with van der Waals surface area (Å²) in [7, 11) is 0. The number of hydrogen-bond donors (Lipinski definition) is 0. The van der Waals surface area contributed by atoms with Crippen molar-refractivity contribution < 1.29 is 21.1 Å². The van der Waals surface area contributed by atoms with Gasteiger partial charge in [-0.05, 0) is 0 Å². The quantitative estimate of drug-likeness (QED) is 0.572. The van der Waals surface area contributed by atoms with Crippen LogP contribution in [-0.2, 0) is 21.1 Å². The van der Waals surface area contributed by atoms with Crippen LogP contribution in [0, 0.1) is 0 Å². The fourth-order valence-electron chi connectivity index (χ4n) is 0. The van der Waals surface area contributed by atoms with Crippen LogP contribution in [0.4, 0.5) is 0 Å². The summed E-state index contributed by atoms with van der Waals surface area (Å²) in [6.45, 7) is 0. The molecule has 0 aliphatic rings. The molecule has 0 atom stereocenters. The molecule has 0 unspecified atom stereocenters. The molecule has 7 heavy (non-hydrogen) atoms. The molecule has 0 aliphatic carbocycles. The Balaban J connectivity index is 0. The third kappa shape index (κ3) is 59.1. The smallest absolute Gasteiger partial charge is 0 e. The van der Waals surface area contributed by atoms with E-state index in [0.717, 1.165) is 0 Å². The second kappa shape index (κ2) is 78.9. The predicted octanol–water partition coefficient (Wildman–Crippen LogP) is 2.53. The van der Waals surface area contributed by atoms with Crippen LogP contribution in [0.15, 0.2) is 0 Å². The van der Waals surface area contributed by atoms with Gasteiger partial charge in [0.05, 0.1) is 0 Å². The number of halogens is 6. The van der Waals surface area contributed by atoms with E-state index in [0.29, 0.717) is 0 Å². The molecule has 0 bridgehead atoms. The van der Waals surface area contributed by atoms with Crippen LogP contribution in [0.3, 0.4) is 0 Å². The van der Waals surface area contributed by atoms with E-state index in [9.17, 15) is 0 Å². The first-order valence-corrected chi connectivity index (χ1v) is 0. The molecule has 0 aromatic carbocycles. The molecule has 0 aromatic heterocycles. The van der Waals surface area contributed by atoms with Crippen molar-refractivity contribution in [2.75, 3.05) is 0 Å². The summed E-state index contributed by atoms with van der Waals surface area (Å²) in [5, 5.41) is 0. The average molecular weight is 414 g/mol. The molecule has 0 N–H and O–H groups in total. The van der Waals surface area contributed by atoms with Gasteiger partial charge in [-0.1, -0.05) is 0 Å². The van der Waals surface area contributed by atoms with Gasteiger partial charge in [0.15, 0.2) is 0 Å². The van der Waals surface area contributed by atoms with Crippen LogP contribution < -0.4 is 0 Å². The Morgan fingerprint density at radius 1 is 0.286 bits per heavy atom. The molecule has 0 saturated heterocycles. The van der Waals surface area contributed by atoms with Crippen LogP contribution in [-0.4, -0.2) is 0 Å². The predicted molar refractivity (Wildman–Crippen MR) is 43.5 cm³/mol. The Labute approximate surface area is 94.7 Å². The molecule has 7 heteroatoms. The molecule has 0 saturated carbocycles. The van der Waals surface area contributed by atoms with Gasteiger partial charge in [0.25, 0.3) is 0 Å². The van der Waals surface area contributed by atoms with Crippen LogP contribution >= 0.6 is 74.4 Å². The van der Waals surface area contributed by atoms with Gasteiger partial charge in [0.1, 0.15) is 0 Å². The molecule has 0 aliphatic heterocycles. The zero-order valence-corrected chi connectivity index (χ0v) is 9.94. The number of rotatable bonds is 0. The van der Waals surface area contributed by atoms with Gasteiger partial charge in [-0.15, -0.1) is 74.4 Å². The molecule has 0 fully saturated rings. The first kappa shape index (κ1) is 114. The van der Waals surface area contributed by atoms with E-state index in [1.165, 1.54) is 0 Å². The minimum absolute atomic E-state index is 0. The molecular formula is H6Cl6Pt. The van der Waals surface area contributed by atoms with Crippen molar-refractivity contribution in [1.29, 1.82) is 0 Å². The monoisotopic (exact) mass is 411 g/mol. The maximum absolute atomic E-state index is 0. The van der Waals surface area contributed by atoms with Crippen molar-refractivity contribution in [3.8, 4) is 0 Å². The standard InChI is InChI=1S/6ClH.Pt/h6*1H;. The summed E-state index contributed by atoms with van der Waals surface area (Å²) in [5.74, 6) is 0. The van der Waals surface area contributed by atoms with Gasteiger partial charge in [-0.3, -0.25) is 0 Å². The molecule has 0 nitrogen and oxygen atoms in total. The Morgan fingerprint density at radius 2 is 0.286 bits per heavy atom. The molecule has 0 spiro atoms. The van der Waals surface area contributed by atoms with Crippen molar-refractivity contribution >= 4 is 74.4 Å². The summed E-state index contributed by atoms with van der Waals surface area (Å²) in [4.78, 5) is 0. The fraction of sp³-hybridized carbons (Fsp3) is 0. The molecule has 0 rings (SSSR count). The minimum Gasteiger partial charge on any atom is -0.147 e. The maximum Gasteiger partial charge on any atom is 0 e. The third-order valence-electron chi connectivity index (χ3n) is 0. The number of hydrogen-bond acceptors (Lipinski definition) is 0. The van der Waals surface area contributed by atoms with E-state index < -0.39 is 0 Å². The summed E-state index contributed by atoms with van der Waals surface area (Å²) < 4.78 is 0. The first-order valence-electron chi connectivity index (χ1n) is 0. The van der Waals surface area contributed by atoms with E-state index in [4.69, 9.17) is 0 Å². The van der Waals surface area contributed by atoms with E-state index in [1.54, 1.807) is 0 Å². The van der Waals surface area contributed by atoms with Crippen LogP contribution in [0.25, 0.3) is 0 Å². The van der Waals surface area contributed by atoms with Crippen molar-refractivity contribution in [2.45, 2.75) is 0 Å². The molecule has 0 aromatic rings. The zero-order valence-electron chi connectivity index (χ0n) is 2.77. The fourth-order valence-corrected chi connectivity index (χ4v) is 0. The van der Waals surface area contributed by atoms with Crippen LogP contribution in [0.2, 0.25) is 0 Å². The Kier molecular flexibility index (Phi) is 1280. The Bertz CT molecular complexity index is 4.14. The van der Waals surface area contributed by atoms with Gasteiger partial charge >= 0.3 is 0 Å². The molecular weight excluding hydrogens is 408 g/mol. The molecule has 58 valence electrons. The minimum atomic E-state index is 0. The van der Waals surface area contributed by atoms with Gasteiger partial charge < -0.3 is 0 Å². The second-order valence-electron chi connectivity index (χ2n) is 0. The van der Waals surface area contributed by atoms with Crippen LogP contribution in [0.1, 0.15) is 0 Å². The van der Waals surface area contributed by atoms with Crippen molar-refractivity contribution in [1.82, 2.24) is 0 Å².